The summed E-state index contributed by atoms with van der Waals surface area (Å²) in [7, 11) is 0. The van der Waals surface area contributed by atoms with E-state index in [9.17, 15) is 46.0 Å². The summed E-state index contributed by atoms with van der Waals surface area (Å²) >= 11 is 0.176. The van der Waals surface area contributed by atoms with E-state index in [0.717, 1.165) is 0 Å². The van der Waals surface area contributed by atoms with Gasteiger partial charge in [0.2, 0.25) is 0 Å². The maximum atomic E-state index is 10.9. The molecule has 0 aromatic rings. The van der Waals surface area contributed by atoms with Crippen LogP contribution in [0.25, 0.3) is 0 Å². The molecule has 0 bridgehead atoms. The van der Waals surface area contributed by atoms with E-state index in [4.69, 9.17) is 28.4 Å². The first-order valence-electron chi connectivity index (χ1n) is 12.7. The van der Waals surface area contributed by atoms with Gasteiger partial charge >= 0.3 is 170 Å². The van der Waals surface area contributed by atoms with E-state index in [1.54, 1.807) is 13.8 Å². The summed E-state index contributed by atoms with van der Waals surface area (Å²) in [4.78, 5) is 3.89. The number of halogens is 2. The van der Waals surface area contributed by atoms with Gasteiger partial charge in [-0.3, -0.25) is 0 Å². The van der Waals surface area contributed by atoms with Gasteiger partial charge in [0.1, 0.15) is 9.71 Å². The van der Waals surface area contributed by atoms with E-state index in [-0.39, 0.29) is 0 Å². The van der Waals surface area contributed by atoms with Crippen LogP contribution in [-0.2, 0) is 28.4 Å². The monoisotopic (exact) mass is 812 g/mol. The van der Waals surface area contributed by atoms with E-state index in [1.807, 2.05) is 32.5 Å². The van der Waals surface area contributed by atoms with Crippen molar-refractivity contribution in [2.45, 2.75) is 107 Å². The van der Waals surface area contributed by atoms with Crippen LogP contribution in [0.3, 0.4) is 0 Å². The second-order valence-electron chi connectivity index (χ2n) is 10.6. The summed E-state index contributed by atoms with van der Waals surface area (Å²) < 4.78 is 32.6. The third-order valence-electron chi connectivity index (χ3n) is 6.92. The van der Waals surface area contributed by atoms with Gasteiger partial charge in [-0.2, -0.15) is 0 Å². The number of hydrogen-bond donors (Lipinski definition) is 9. The molecule has 15 unspecified atom stereocenters. The molecule has 0 amide bonds. The first-order chi connectivity index (χ1) is 18.6. The van der Waals surface area contributed by atoms with Crippen LogP contribution in [0.1, 0.15) is 13.8 Å². The van der Waals surface area contributed by atoms with Gasteiger partial charge in [-0.1, -0.05) is 0 Å². The molecule has 0 aromatic carbocycles. The van der Waals surface area contributed by atoms with E-state index < -0.39 is 133 Å². The van der Waals surface area contributed by atoms with Gasteiger partial charge in [0.15, 0.2) is 6.29 Å². The van der Waals surface area contributed by atoms with Gasteiger partial charge in [-0.15, -0.1) is 0 Å². The van der Waals surface area contributed by atoms with Gasteiger partial charge in [0.05, 0.1) is 6.61 Å². The van der Waals surface area contributed by atoms with Crippen LogP contribution in [0.5, 0.6) is 0 Å². The molecule has 3 aliphatic rings. The van der Waals surface area contributed by atoms with E-state index in [2.05, 4.69) is 0 Å². The summed E-state index contributed by atoms with van der Waals surface area (Å²) in [5.41, 5.74) is 0. The van der Waals surface area contributed by atoms with Crippen molar-refractivity contribution in [3.63, 3.8) is 0 Å². The molecule has 3 heterocycles. The standard InChI is InChI=1S/C23H42I2O15/c1-23(2,24)40-22-17(34)14(31)19(10(7-28)37-22)39-21-16(33)13(30)18(9(6-27)36-21)38-20-15(32)12(29)11(25(3)4)8(5-26)35-20/h8-22,26-34H,5-7H2,1-4H3. The summed E-state index contributed by atoms with van der Waals surface area (Å²) in [5.74, 6) is 0. The Kier molecular flexibility index (Phi) is 13.0. The number of aliphatic hydroxyl groups is 9. The van der Waals surface area contributed by atoms with Crippen molar-refractivity contribution in [1.29, 1.82) is 0 Å². The van der Waals surface area contributed by atoms with Crippen LogP contribution in [0.4, 0.5) is 0 Å². The molecule has 9 N–H and O–H groups in total. The SMILES string of the molecule is CI(C)C1C(CO)OC(OC2C(CO)OC(OC3C(CO)OC(OC(C)(C)I)C(O)C3O)C(O)C2O)C(O)C1O. The Labute approximate surface area is 252 Å². The van der Waals surface area contributed by atoms with E-state index in [0.29, 0.717) is 0 Å². The van der Waals surface area contributed by atoms with Crippen molar-refractivity contribution in [3.05, 3.63) is 0 Å². The zero-order valence-electron chi connectivity index (χ0n) is 22.5. The average molecular weight is 812 g/mol. The second kappa shape index (κ2) is 14.8. The molecule has 0 aliphatic carbocycles. The van der Waals surface area contributed by atoms with Crippen LogP contribution in [0, 0.1) is 0 Å². The Morgan fingerprint density at radius 1 is 0.625 bits per heavy atom. The Hall–Kier alpha value is 0.860. The Morgan fingerprint density at radius 3 is 1.40 bits per heavy atom. The van der Waals surface area contributed by atoms with Crippen molar-refractivity contribution < 1.29 is 74.4 Å². The van der Waals surface area contributed by atoms with Crippen molar-refractivity contribution >= 4 is 42.4 Å². The van der Waals surface area contributed by atoms with Crippen molar-refractivity contribution in [2.75, 3.05) is 29.7 Å². The third-order valence-corrected chi connectivity index (χ3v) is 11.6. The van der Waals surface area contributed by atoms with Crippen LogP contribution in [0.2, 0.25) is 0 Å². The fourth-order valence-electron chi connectivity index (χ4n) is 4.93. The summed E-state index contributed by atoms with van der Waals surface area (Å²) in [6, 6.07) is 0. The molecule has 0 aromatic heterocycles. The number of ether oxygens (including phenoxy) is 6. The van der Waals surface area contributed by atoms with Crippen molar-refractivity contribution in [3.8, 4) is 0 Å². The topological polar surface area (TPSA) is 237 Å². The molecule has 0 radical (unpaired) electrons. The molecule has 0 spiro atoms. The van der Waals surface area contributed by atoms with Gasteiger partial charge in [0, 0.05) is 0 Å². The minimum absolute atomic E-state index is 0.444. The molecule has 238 valence electrons. The molecular formula is C23H42I2O15. The third kappa shape index (κ3) is 7.92. The molecule has 3 saturated heterocycles. The van der Waals surface area contributed by atoms with Gasteiger partial charge in [-0.05, 0) is 36.4 Å². The zero-order chi connectivity index (χ0) is 30.1. The molecular weight excluding hydrogens is 770 g/mol. The minimum atomic E-state index is -1.84. The summed E-state index contributed by atoms with van der Waals surface area (Å²) in [6.45, 7) is 1.53. The first-order valence-corrected chi connectivity index (χ1v) is 19.3. The Bertz CT molecular complexity index is 784. The van der Waals surface area contributed by atoms with Gasteiger partial charge < -0.3 is 24.8 Å². The molecule has 15 atom stereocenters. The van der Waals surface area contributed by atoms with E-state index in [1.165, 1.54) is 0 Å². The predicted octanol–water partition coefficient (Wildman–Crippen LogP) is -3.60. The summed E-state index contributed by atoms with van der Waals surface area (Å²) in [5, 5.41) is 93.9. The summed E-state index contributed by atoms with van der Waals surface area (Å²) in [6.07, 6.45) is -20.5. The second-order valence-corrected chi connectivity index (χ2v) is 19.2. The number of alkyl halides is 4. The van der Waals surface area contributed by atoms with E-state index >= 15 is 0 Å². The number of aliphatic hydroxyl groups excluding tert-OH is 9. The van der Waals surface area contributed by atoms with Crippen molar-refractivity contribution in [2.24, 2.45) is 0 Å². The fourth-order valence-corrected chi connectivity index (χ4v) is 9.08. The fraction of sp³-hybridized carbons (Fsp3) is 1.00. The normalized spacial score (nSPS) is 47.2. The Morgan fingerprint density at radius 2 is 1.00 bits per heavy atom. The molecule has 3 fully saturated rings. The quantitative estimate of drug-likeness (QED) is 0.0766. The molecule has 0 saturated carbocycles. The van der Waals surface area contributed by atoms with Gasteiger partial charge in [0.25, 0.3) is 0 Å². The molecule has 3 aliphatic heterocycles. The van der Waals surface area contributed by atoms with Crippen LogP contribution < -0.4 is 0 Å². The van der Waals surface area contributed by atoms with Gasteiger partial charge in [-0.25, -0.2) is 0 Å². The average Bonchev–Trinajstić information content (AvgIpc) is 2.88. The maximum absolute atomic E-state index is 10.9. The molecule has 3 rings (SSSR count). The number of hydrogen-bond acceptors (Lipinski definition) is 15. The molecule has 15 nitrogen and oxygen atoms in total. The number of rotatable bonds is 10. The van der Waals surface area contributed by atoms with Crippen LogP contribution in [0.15, 0.2) is 0 Å². The molecule has 17 heteroatoms. The first kappa shape index (κ1) is 35.3. The van der Waals surface area contributed by atoms with Crippen LogP contribution in [-0.4, -0.2) is 169 Å². The van der Waals surface area contributed by atoms with Crippen LogP contribution >= 0.6 is 42.4 Å². The Balaban J connectivity index is 1.72. The van der Waals surface area contributed by atoms with Crippen molar-refractivity contribution in [1.82, 2.24) is 0 Å². The molecule has 40 heavy (non-hydrogen) atoms. The zero-order valence-corrected chi connectivity index (χ0v) is 26.8. The predicted molar refractivity (Wildman–Crippen MR) is 152 cm³/mol.